The molecule has 2 rings (SSSR count). The molecule has 0 unspecified atom stereocenters. The molecular formula is C15H17F3N2O2. The van der Waals surface area contributed by atoms with E-state index in [0.29, 0.717) is 25.0 Å². The topological polar surface area (TPSA) is 63.4 Å². The summed E-state index contributed by atoms with van der Waals surface area (Å²) in [6, 6.07) is 1.05. The molecule has 0 heterocycles. The molecule has 1 aromatic carbocycles. The molecular weight excluding hydrogens is 297 g/mol. The zero-order valence-electron chi connectivity index (χ0n) is 12.2. The number of carbonyl (C=O) groups is 2. The highest BCUT2D eigenvalue weighted by atomic mass is 19.2. The summed E-state index contributed by atoms with van der Waals surface area (Å²) in [5.41, 5.74) is 4.09. The van der Waals surface area contributed by atoms with Crippen LogP contribution < -0.4 is 5.73 Å². The summed E-state index contributed by atoms with van der Waals surface area (Å²) in [7, 11) is 1.43. The van der Waals surface area contributed by atoms with Crippen LogP contribution in [0.3, 0.4) is 0 Å². The van der Waals surface area contributed by atoms with E-state index in [4.69, 9.17) is 5.73 Å². The number of rotatable bonds is 4. The lowest BCUT2D eigenvalue weighted by Gasteiger charge is -2.36. The maximum Gasteiger partial charge on any atom is 0.243 e. The van der Waals surface area contributed by atoms with Crippen LogP contribution in [0.2, 0.25) is 0 Å². The Morgan fingerprint density at radius 3 is 2.23 bits per heavy atom. The Morgan fingerprint density at radius 2 is 1.68 bits per heavy atom. The summed E-state index contributed by atoms with van der Waals surface area (Å²) in [4.78, 5) is 25.2. The molecule has 0 aromatic heterocycles. The SMILES string of the molecule is CN(C(=O)Cc1cc(F)c(F)cc1F)C1(C(N)=O)CCCC1. The Bertz CT molecular complexity index is 613. The fraction of sp³-hybridized carbons (Fsp3) is 0.467. The van der Waals surface area contributed by atoms with Crippen LogP contribution in [0.25, 0.3) is 0 Å². The predicted molar refractivity (Wildman–Crippen MR) is 73.2 cm³/mol. The Morgan fingerprint density at radius 1 is 1.14 bits per heavy atom. The molecule has 2 amide bonds. The first-order valence-electron chi connectivity index (χ1n) is 6.98. The number of primary amides is 1. The quantitative estimate of drug-likeness (QED) is 0.863. The number of nitrogens with zero attached hydrogens (tertiary/aromatic N) is 1. The highest BCUT2D eigenvalue weighted by Gasteiger charge is 2.45. The van der Waals surface area contributed by atoms with Crippen molar-refractivity contribution >= 4 is 11.8 Å². The average Bonchev–Trinajstić information content (AvgIpc) is 2.94. The molecule has 1 aliphatic carbocycles. The van der Waals surface area contributed by atoms with Gasteiger partial charge in [-0.05, 0) is 18.9 Å². The lowest BCUT2D eigenvalue weighted by Crippen LogP contribution is -2.56. The van der Waals surface area contributed by atoms with Crippen molar-refractivity contribution < 1.29 is 22.8 Å². The van der Waals surface area contributed by atoms with Crippen LogP contribution in [0.5, 0.6) is 0 Å². The van der Waals surface area contributed by atoms with E-state index < -0.39 is 41.2 Å². The van der Waals surface area contributed by atoms with Crippen molar-refractivity contribution in [3.05, 3.63) is 35.1 Å². The van der Waals surface area contributed by atoms with Gasteiger partial charge in [-0.1, -0.05) is 12.8 Å². The number of halogens is 3. The zero-order chi connectivity index (χ0) is 16.5. The van der Waals surface area contributed by atoms with Gasteiger partial charge >= 0.3 is 0 Å². The van der Waals surface area contributed by atoms with Crippen LogP contribution in [0.15, 0.2) is 12.1 Å². The number of hydrogen-bond donors (Lipinski definition) is 1. The van der Waals surface area contributed by atoms with Crippen LogP contribution >= 0.6 is 0 Å². The van der Waals surface area contributed by atoms with E-state index in [-0.39, 0.29) is 5.56 Å². The third kappa shape index (κ3) is 2.80. The Labute approximate surface area is 126 Å². The van der Waals surface area contributed by atoms with Crippen LogP contribution in [0.1, 0.15) is 31.2 Å². The molecule has 2 N–H and O–H groups in total. The van der Waals surface area contributed by atoms with Crippen molar-refractivity contribution in [3.8, 4) is 0 Å². The summed E-state index contributed by atoms with van der Waals surface area (Å²) in [6.45, 7) is 0. The summed E-state index contributed by atoms with van der Waals surface area (Å²) in [5.74, 6) is -4.71. The van der Waals surface area contributed by atoms with E-state index in [1.807, 2.05) is 0 Å². The standard InChI is InChI=1S/C15H17F3N2O2/c1-20(15(14(19)22)4-2-3-5-15)13(21)7-9-6-11(17)12(18)8-10(9)16/h6,8H,2-5,7H2,1H3,(H2,19,22). The lowest BCUT2D eigenvalue weighted by molar-refractivity contribution is -0.143. The highest BCUT2D eigenvalue weighted by molar-refractivity contribution is 5.91. The zero-order valence-corrected chi connectivity index (χ0v) is 12.2. The first kappa shape index (κ1) is 16.3. The monoisotopic (exact) mass is 314 g/mol. The van der Waals surface area contributed by atoms with Gasteiger partial charge in [0.05, 0.1) is 6.42 Å². The minimum atomic E-state index is -1.31. The van der Waals surface area contributed by atoms with Crippen molar-refractivity contribution in [2.45, 2.75) is 37.6 Å². The van der Waals surface area contributed by atoms with Gasteiger partial charge in [0, 0.05) is 18.7 Å². The fourth-order valence-electron chi connectivity index (χ4n) is 2.93. The molecule has 1 fully saturated rings. The Hall–Kier alpha value is -2.05. The van der Waals surface area contributed by atoms with Crippen molar-refractivity contribution in [2.75, 3.05) is 7.05 Å². The summed E-state index contributed by atoms with van der Waals surface area (Å²) < 4.78 is 39.7. The molecule has 0 radical (unpaired) electrons. The molecule has 0 spiro atoms. The van der Waals surface area contributed by atoms with E-state index in [1.165, 1.54) is 11.9 Å². The normalized spacial score (nSPS) is 16.5. The van der Waals surface area contributed by atoms with Crippen molar-refractivity contribution in [1.29, 1.82) is 0 Å². The lowest BCUT2D eigenvalue weighted by atomic mass is 9.94. The van der Waals surface area contributed by atoms with Crippen LogP contribution in [0.4, 0.5) is 13.2 Å². The van der Waals surface area contributed by atoms with Crippen molar-refractivity contribution in [2.24, 2.45) is 5.73 Å². The molecule has 22 heavy (non-hydrogen) atoms. The number of hydrogen-bond acceptors (Lipinski definition) is 2. The Balaban J connectivity index is 2.22. The van der Waals surface area contributed by atoms with E-state index in [1.54, 1.807) is 0 Å². The summed E-state index contributed by atoms with van der Waals surface area (Å²) >= 11 is 0. The van der Waals surface area contributed by atoms with Crippen molar-refractivity contribution in [1.82, 2.24) is 4.90 Å². The second-order valence-electron chi connectivity index (χ2n) is 5.59. The van der Waals surface area contributed by atoms with Gasteiger partial charge in [-0.3, -0.25) is 9.59 Å². The van der Waals surface area contributed by atoms with E-state index in [2.05, 4.69) is 0 Å². The average molecular weight is 314 g/mol. The number of benzene rings is 1. The summed E-state index contributed by atoms with van der Waals surface area (Å²) in [5, 5.41) is 0. The fourth-order valence-corrected chi connectivity index (χ4v) is 2.93. The van der Waals surface area contributed by atoms with E-state index >= 15 is 0 Å². The molecule has 4 nitrogen and oxygen atoms in total. The maximum atomic E-state index is 13.6. The predicted octanol–water partition coefficient (Wildman–Crippen LogP) is 1.90. The van der Waals surface area contributed by atoms with Gasteiger partial charge in [0.2, 0.25) is 11.8 Å². The maximum absolute atomic E-state index is 13.6. The smallest absolute Gasteiger partial charge is 0.243 e. The van der Waals surface area contributed by atoms with Gasteiger partial charge in [0.1, 0.15) is 11.4 Å². The molecule has 1 saturated carbocycles. The van der Waals surface area contributed by atoms with E-state index in [0.717, 1.165) is 12.8 Å². The second-order valence-corrected chi connectivity index (χ2v) is 5.59. The first-order valence-corrected chi connectivity index (χ1v) is 6.98. The van der Waals surface area contributed by atoms with Crippen LogP contribution in [-0.2, 0) is 16.0 Å². The van der Waals surface area contributed by atoms with Gasteiger partial charge in [-0.25, -0.2) is 13.2 Å². The van der Waals surface area contributed by atoms with Crippen molar-refractivity contribution in [3.63, 3.8) is 0 Å². The molecule has 0 aliphatic heterocycles. The summed E-state index contributed by atoms with van der Waals surface area (Å²) in [6.07, 6.45) is 1.96. The molecule has 0 bridgehead atoms. The molecule has 0 atom stereocenters. The molecule has 0 saturated heterocycles. The van der Waals surface area contributed by atoms with E-state index in [9.17, 15) is 22.8 Å². The van der Waals surface area contributed by atoms with Gasteiger partial charge in [-0.15, -0.1) is 0 Å². The molecule has 1 aliphatic rings. The third-order valence-corrected chi connectivity index (χ3v) is 4.34. The van der Waals surface area contributed by atoms with Crippen LogP contribution in [-0.4, -0.2) is 29.3 Å². The first-order chi connectivity index (χ1) is 10.3. The van der Waals surface area contributed by atoms with Gasteiger partial charge in [-0.2, -0.15) is 0 Å². The molecule has 120 valence electrons. The third-order valence-electron chi connectivity index (χ3n) is 4.34. The Kier molecular flexibility index (Phi) is 4.44. The van der Waals surface area contributed by atoms with Gasteiger partial charge in [0.15, 0.2) is 11.6 Å². The largest absolute Gasteiger partial charge is 0.368 e. The second kappa shape index (κ2) is 5.98. The number of carbonyl (C=O) groups excluding carboxylic acids is 2. The van der Waals surface area contributed by atoms with Crippen LogP contribution in [0, 0.1) is 17.5 Å². The van der Waals surface area contributed by atoms with Gasteiger partial charge < -0.3 is 10.6 Å². The highest BCUT2D eigenvalue weighted by Crippen LogP contribution is 2.34. The number of nitrogens with two attached hydrogens (primary N) is 1. The minimum Gasteiger partial charge on any atom is -0.368 e. The molecule has 7 heteroatoms. The number of amides is 2. The molecule has 1 aromatic rings. The van der Waals surface area contributed by atoms with Gasteiger partial charge in [0.25, 0.3) is 0 Å². The minimum absolute atomic E-state index is 0.256. The number of likely N-dealkylation sites (N-methyl/N-ethyl adjacent to an activating group) is 1.